The first kappa shape index (κ1) is 22.4. The molecule has 10 heteroatoms. The van der Waals surface area contributed by atoms with Gasteiger partial charge in [-0.3, -0.25) is 15.5 Å². The molecule has 154 valence electrons. The number of nitro groups is 1. The number of hydrogen-bond acceptors (Lipinski definition) is 6. The Balaban J connectivity index is 2.17. The maximum absolute atomic E-state index is 10.9. The number of ether oxygens (including phenoxy) is 2. The first-order chi connectivity index (χ1) is 13.9. The van der Waals surface area contributed by atoms with E-state index in [1.807, 2.05) is 13.8 Å². The Bertz CT molecular complexity index is 908. The van der Waals surface area contributed by atoms with Gasteiger partial charge in [-0.1, -0.05) is 23.7 Å². The number of hydrazone groups is 1. The van der Waals surface area contributed by atoms with Crippen LogP contribution in [0.1, 0.15) is 25.0 Å². The average Bonchev–Trinajstić information content (AvgIpc) is 2.68. The van der Waals surface area contributed by atoms with E-state index in [-0.39, 0.29) is 12.3 Å². The van der Waals surface area contributed by atoms with E-state index < -0.39 is 4.92 Å². The molecule has 0 saturated heterocycles. The Morgan fingerprint density at radius 1 is 1.31 bits per heavy atom. The van der Waals surface area contributed by atoms with Gasteiger partial charge in [0.25, 0.3) is 5.69 Å². The van der Waals surface area contributed by atoms with Crippen molar-refractivity contribution in [3.8, 4) is 11.5 Å². The zero-order valence-electron chi connectivity index (χ0n) is 16.0. The third-order valence-electron chi connectivity index (χ3n) is 3.55. The minimum Gasteiger partial charge on any atom is -0.490 e. The van der Waals surface area contributed by atoms with Gasteiger partial charge in [0.2, 0.25) is 0 Å². The third kappa shape index (κ3) is 6.88. The number of hydrogen-bond donors (Lipinski definition) is 2. The number of non-ortho nitro benzene ring substituents is 1. The standard InChI is InChI=1S/C19H21ClN4O4S/c1-3-21-19(29)23-22-11-14-9-16(20)18(17(10-14)27-4-2)28-12-13-6-5-7-15(8-13)24(25)26/h5-11H,3-4,12H2,1-2H3,(H2,21,23,29)/b22-11-. The summed E-state index contributed by atoms with van der Waals surface area (Å²) in [6.45, 7) is 4.98. The van der Waals surface area contributed by atoms with Crippen LogP contribution in [0.2, 0.25) is 5.02 Å². The monoisotopic (exact) mass is 436 g/mol. The van der Waals surface area contributed by atoms with Gasteiger partial charge in [-0.25, -0.2) is 0 Å². The predicted octanol–water partition coefficient (Wildman–Crippen LogP) is 4.04. The first-order valence-electron chi connectivity index (χ1n) is 8.84. The largest absolute Gasteiger partial charge is 0.490 e. The molecule has 29 heavy (non-hydrogen) atoms. The highest BCUT2D eigenvalue weighted by Gasteiger charge is 2.13. The highest BCUT2D eigenvalue weighted by Crippen LogP contribution is 2.37. The van der Waals surface area contributed by atoms with Gasteiger partial charge < -0.3 is 14.8 Å². The third-order valence-corrected chi connectivity index (χ3v) is 4.07. The summed E-state index contributed by atoms with van der Waals surface area (Å²) < 4.78 is 11.4. The molecule has 0 radical (unpaired) electrons. The molecular formula is C19H21ClN4O4S. The molecular weight excluding hydrogens is 416 g/mol. The lowest BCUT2D eigenvalue weighted by atomic mass is 10.2. The molecule has 2 N–H and O–H groups in total. The fourth-order valence-corrected chi connectivity index (χ4v) is 2.82. The van der Waals surface area contributed by atoms with Crippen LogP contribution >= 0.6 is 23.8 Å². The first-order valence-corrected chi connectivity index (χ1v) is 9.62. The van der Waals surface area contributed by atoms with E-state index in [9.17, 15) is 10.1 Å². The molecule has 2 aromatic rings. The molecule has 0 aliphatic rings. The van der Waals surface area contributed by atoms with Crippen LogP contribution in [0.15, 0.2) is 41.5 Å². The number of nitrogens with one attached hydrogen (secondary N) is 2. The van der Waals surface area contributed by atoms with E-state index >= 15 is 0 Å². The fourth-order valence-electron chi connectivity index (χ4n) is 2.35. The van der Waals surface area contributed by atoms with Crippen molar-refractivity contribution in [2.45, 2.75) is 20.5 Å². The normalized spacial score (nSPS) is 10.6. The second-order valence-corrected chi connectivity index (χ2v) is 6.52. The van der Waals surface area contributed by atoms with Gasteiger partial charge in [0.1, 0.15) is 6.61 Å². The quantitative estimate of drug-likeness (QED) is 0.265. The molecule has 0 heterocycles. The van der Waals surface area contributed by atoms with Crippen LogP contribution in [0.4, 0.5) is 5.69 Å². The van der Waals surface area contributed by atoms with E-state index in [0.717, 1.165) is 0 Å². The topological polar surface area (TPSA) is 98.0 Å². The van der Waals surface area contributed by atoms with Crippen LogP contribution in [0.25, 0.3) is 0 Å². The van der Waals surface area contributed by atoms with Crippen LogP contribution in [-0.2, 0) is 6.61 Å². The van der Waals surface area contributed by atoms with Gasteiger partial charge in [-0.2, -0.15) is 5.10 Å². The van der Waals surface area contributed by atoms with Crippen molar-refractivity contribution in [2.75, 3.05) is 13.2 Å². The fraction of sp³-hybridized carbons (Fsp3) is 0.263. The summed E-state index contributed by atoms with van der Waals surface area (Å²) in [4.78, 5) is 10.5. The van der Waals surface area contributed by atoms with E-state index in [0.29, 0.717) is 45.9 Å². The Labute approximate surface area is 179 Å². The van der Waals surface area contributed by atoms with E-state index in [1.165, 1.54) is 12.1 Å². The molecule has 0 aliphatic heterocycles. The van der Waals surface area contributed by atoms with Crippen molar-refractivity contribution >= 4 is 40.8 Å². The molecule has 0 aliphatic carbocycles. The predicted molar refractivity (Wildman–Crippen MR) is 117 cm³/mol. The van der Waals surface area contributed by atoms with E-state index in [4.69, 9.17) is 33.3 Å². The lowest BCUT2D eigenvalue weighted by Crippen LogP contribution is -2.31. The van der Waals surface area contributed by atoms with Gasteiger partial charge in [0.15, 0.2) is 16.6 Å². The zero-order valence-corrected chi connectivity index (χ0v) is 17.5. The van der Waals surface area contributed by atoms with Gasteiger partial charge in [0.05, 0.1) is 22.8 Å². The summed E-state index contributed by atoms with van der Waals surface area (Å²) in [6.07, 6.45) is 1.56. The lowest BCUT2D eigenvalue weighted by Gasteiger charge is -2.14. The molecule has 0 spiro atoms. The number of nitro benzene ring substituents is 1. The van der Waals surface area contributed by atoms with Crippen LogP contribution < -0.4 is 20.2 Å². The summed E-state index contributed by atoms with van der Waals surface area (Å²) in [7, 11) is 0. The van der Waals surface area contributed by atoms with Gasteiger partial charge in [-0.15, -0.1) is 0 Å². The van der Waals surface area contributed by atoms with Crippen molar-refractivity contribution < 1.29 is 14.4 Å². The maximum Gasteiger partial charge on any atom is 0.269 e. The Hall–Kier alpha value is -2.91. The van der Waals surface area contributed by atoms with E-state index in [2.05, 4.69) is 15.8 Å². The number of thiocarbonyl (C=S) groups is 1. The van der Waals surface area contributed by atoms with Crippen LogP contribution in [0.5, 0.6) is 11.5 Å². The smallest absolute Gasteiger partial charge is 0.269 e. The summed E-state index contributed by atoms with van der Waals surface area (Å²) in [5.74, 6) is 0.800. The molecule has 8 nitrogen and oxygen atoms in total. The number of nitrogens with zero attached hydrogens (tertiary/aromatic N) is 2. The van der Waals surface area contributed by atoms with Crippen molar-refractivity contribution in [1.82, 2.24) is 10.7 Å². The number of rotatable bonds is 9. The number of halogens is 1. The van der Waals surface area contributed by atoms with Crippen LogP contribution in [0, 0.1) is 10.1 Å². The zero-order chi connectivity index (χ0) is 21.2. The van der Waals surface area contributed by atoms with Gasteiger partial charge in [-0.05, 0) is 49.3 Å². The highest BCUT2D eigenvalue weighted by atomic mass is 35.5. The maximum atomic E-state index is 10.9. The SMILES string of the molecule is CCNC(=S)N/N=C\c1cc(Cl)c(OCc2cccc([N+](=O)[O-])c2)c(OCC)c1. The Kier molecular flexibility index (Phi) is 8.63. The second-order valence-electron chi connectivity index (χ2n) is 5.71. The Morgan fingerprint density at radius 3 is 2.79 bits per heavy atom. The minimum absolute atomic E-state index is 0.00299. The highest BCUT2D eigenvalue weighted by molar-refractivity contribution is 7.80. The molecule has 0 aromatic heterocycles. The van der Waals surface area contributed by atoms with Crippen LogP contribution in [0.3, 0.4) is 0 Å². The number of benzene rings is 2. The summed E-state index contributed by atoms with van der Waals surface area (Å²) in [5, 5.41) is 18.6. The molecule has 2 rings (SSSR count). The molecule has 0 unspecified atom stereocenters. The van der Waals surface area contributed by atoms with Crippen molar-refractivity contribution in [2.24, 2.45) is 5.10 Å². The molecule has 2 aromatic carbocycles. The second kappa shape index (κ2) is 11.2. The van der Waals surface area contributed by atoms with Crippen molar-refractivity contribution in [3.63, 3.8) is 0 Å². The minimum atomic E-state index is -0.452. The molecule has 0 amide bonds. The molecule has 0 atom stereocenters. The average molecular weight is 437 g/mol. The summed E-state index contributed by atoms with van der Waals surface area (Å²) in [5.41, 5.74) is 4.03. The molecule has 0 bridgehead atoms. The lowest BCUT2D eigenvalue weighted by molar-refractivity contribution is -0.384. The molecule has 0 fully saturated rings. The summed E-state index contributed by atoms with van der Waals surface area (Å²) in [6, 6.07) is 9.63. The van der Waals surface area contributed by atoms with Crippen LogP contribution in [-0.4, -0.2) is 29.4 Å². The van der Waals surface area contributed by atoms with Crippen molar-refractivity contribution in [1.29, 1.82) is 0 Å². The van der Waals surface area contributed by atoms with Gasteiger partial charge >= 0.3 is 0 Å². The van der Waals surface area contributed by atoms with Gasteiger partial charge in [0, 0.05) is 18.7 Å². The van der Waals surface area contributed by atoms with E-state index in [1.54, 1.807) is 30.5 Å². The Morgan fingerprint density at radius 2 is 2.10 bits per heavy atom. The summed E-state index contributed by atoms with van der Waals surface area (Å²) >= 11 is 11.4. The van der Waals surface area contributed by atoms with Crippen molar-refractivity contribution in [3.05, 3.63) is 62.7 Å². The molecule has 0 saturated carbocycles.